The first-order valence-corrected chi connectivity index (χ1v) is 12.0. The van der Waals surface area contributed by atoms with Crippen molar-refractivity contribution in [2.75, 3.05) is 25.5 Å². The molecule has 0 fully saturated rings. The van der Waals surface area contributed by atoms with Crippen LogP contribution in [0.3, 0.4) is 0 Å². The first kappa shape index (κ1) is 24.4. The molecule has 172 valence electrons. The van der Waals surface area contributed by atoms with Crippen LogP contribution in [-0.2, 0) is 21.4 Å². The van der Waals surface area contributed by atoms with E-state index in [-0.39, 0.29) is 11.4 Å². The van der Waals surface area contributed by atoms with Crippen LogP contribution in [0.15, 0.2) is 88.9 Å². The number of carbonyl (C=O) groups excluding carboxylic acids is 1. The number of hydrogen-bond acceptors (Lipinski definition) is 5. The van der Waals surface area contributed by atoms with Gasteiger partial charge in [0.1, 0.15) is 0 Å². The van der Waals surface area contributed by atoms with E-state index in [1.54, 1.807) is 12.1 Å². The second-order valence-electron chi connectivity index (χ2n) is 7.49. The number of anilines is 1. The lowest BCUT2D eigenvalue weighted by Crippen LogP contribution is -2.39. The quantitative estimate of drug-likeness (QED) is 0.370. The molecule has 3 aromatic carbocycles. The van der Waals surface area contributed by atoms with Crippen molar-refractivity contribution < 1.29 is 13.2 Å². The Bertz CT molecular complexity index is 1200. The number of hydrogen-bond donors (Lipinski definition) is 1. The number of hydrazone groups is 1. The molecule has 0 aliphatic carbocycles. The van der Waals surface area contributed by atoms with Crippen molar-refractivity contribution in [1.29, 1.82) is 0 Å². The van der Waals surface area contributed by atoms with Gasteiger partial charge in [-0.2, -0.15) is 9.41 Å². The third kappa shape index (κ3) is 6.89. The number of benzene rings is 3. The smallest absolute Gasteiger partial charge is 0.255 e. The van der Waals surface area contributed by atoms with E-state index >= 15 is 0 Å². The van der Waals surface area contributed by atoms with E-state index in [9.17, 15) is 13.2 Å². The maximum atomic E-state index is 13.2. The number of rotatable bonds is 9. The monoisotopic (exact) mass is 484 g/mol. The Hall–Kier alpha value is -3.20. The van der Waals surface area contributed by atoms with E-state index in [2.05, 4.69) is 10.5 Å². The van der Waals surface area contributed by atoms with Crippen LogP contribution in [0.25, 0.3) is 0 Å². The summed E-state index contributed by atoms with van der Waals surface area (Å²) in [7, 11) is -0.0498. The molecule has 3 aromatic rings. The zero-order valence-corrected chi connectivity index (χ0v) is 19.9. The molecule has 33 heavy (non-hydrogen) atoms. The van der Waals surface area contributed by atoms with Crippen LogP contribution in [-0.4, -0.2) is 45.5 Å². The zero-order valence-electron chi connectivity index (χ0n) is 18.3. The highest BCUT2D eigenvalue weighted by Crippen LogP contribution is 2.20. The molecule has 0 spiro atoms. The Balaban J connectivity index is 1.73. The Morgan fingerprint density at radius 1 is 0.970 bits per heavy atom. The predicted octanol–water partition coefficient (Wildman–Crippen LogP) is 3.75. The molecule has 0 heterocycles. The topological polar surface area (TPSA) is 82.1 Å². The third-order valence-electron chi connectivity index (χ3n) is 4.79. The average molecular weight is 485 g/mol. The van der Waals surface area contributed by atoms with Gasteiger partial charge in [0.25, 0.3) is 5.91 Å². The van der Waals surface area contributed by atoms with E-state index in [4.69, 9.17) is 11.6 Å². The van der Waals surface area contributed by atoms with Gasteiger partial charge in [-0.1, -0.05) is 54.1 Å². The Labute approximate surface area is 199 Å². The third-order valence-corrected chi connectivity index (χ3v) is 6.84. The number of sulfonamides is 1. The number of carbonyl (C=O) groups is 1. The minimum absolute atomic E-state index is 0.0366. The van der Waals surface area contributed by atoms with E-state index in [0.29, 0.717) is 5.02 Å². The molecule has 1 amide bonds. The van der Waals surface area contributed by atoms with Gasteiger partial charge in [0.2, 0.25) is 10.0 Å². The zero-order chi connectivity index (χ0) is 23.8. The molecule has 7 nitrogen and oxygen atoms in total. The predicted molar refractivity (Wildman–Crippen MR) is 132 cm³/mol. The summed E-state index contributed by atoms with van der Waals surface area (Å²) in [6.45, 7) is -0.355. The van der Waals surface area contributed by atoms with Crippen LogP contribution in [0, 0.1) is 0 Å². The van der Waals surface area contributed by atoms with Crippen LogP contribution in [0.2, 0.25) is 5.02 Å². The standard InChI is InChI=1S/C24H25ClN4O3S/c1-28(2)22-12-8-19(9-13-22)16-26-27-24(30)18-29(17-20-6-4-3-5-7-20)33(31,32)23-14-10-21(25)11-15-23/h3-16H,17-18H2,1-2H3,(H,27,30)/b26-16-. The number of amides is 1. The molecule has 3 rings (SSSR count). The van der Waals surface area contributed by atoms with Gasteiger partial charge in [0.15, 0.2) is 0 Å². The molecule has 0 bridgehead atoms. The van der Waals surface area contributed by atoms with E-state index in [0.717, 1.165) is 21.1 Å². The fourth-order valence-corrected chi connectivity index (χ4v) is 4.51. The summed E-state index contributed by atoms with van der Waals surface area (Å²) in [5.74, 6) is -0.551. The minimum atomic E-state index is -3.94. The van der Waals surface area contributed by atoms with E-state index in [1.807, 2.05) is 61.5 Å². The fourth-order valence-electron chi connectivity index (χ4n) is 3.00. The van der Waals surface area contributed by atoms with Crippen LogP contribution >= 0.6 is 11.6 Å². The molecule has 9 heteroatoms. The summed E-state index contributed by atoms with van der Waals surface area (Å²) in [5.41, 5.74) is 5.01. The minimum Gasteiger partial charge on any atom is -0.378 e. The van der Waals surface area contributed by atoms with Crippen molar-refractivity contribution in [2.45, 2.75) is 11.4 Å². The molecular weight excluding hydrogens is 460 g/mol. The highest BCUT2D eigenvalue weighted by molar-refractivity contribution is 7.89. The summed E-state index contributed by atoms with van der Waals surface area (Å²) in [6.07, 6.45) is 1.51. The van der Waals surface area contributed by atoms with Crippen LogP contribution in [0.4, 0.5) is 5.69 Å². The first-order chi connectivity index (χ1) is 15.8. The molecule has 0 saturated heterocycles. The van der Waals surface area contributed by atoms with Crippen molar-refractivity contribution in [3.63, 3.8) is 0 Å². The Morgan fingerprint density at radius 3 is 2.21 bits per heavy atom. The summed E-state index contributed by atoms with van der Waals surface area (Å²) in [4.78, 5) is 14.6. The van der Waals surface area contributed by atoms with Crippen molar-refractivity contribution in [1.82, 2.24) is 9.73 Å². The molecule has 0 aromatic heterocycles. The average Bonchev–Trinajstić information content (AvgIpc) is 2.80. The lowest BCUT2D eigenvalue weighted by atomic mass is 10.2. The first-order valence-electron chi connectivity index (χ1n) is 10.1. The molecule has 0 unspecified atom stereocenters. The van der Waals surface area contributed by atoms with Crippen molar-refractivity contribution in [2.24, 2.45) is 5.10 Å². The van der Waals surface area contributed by atoms with Crippen LogP contribution in [0.5, 0.6) is 0 Å². The molecule has 0 atom stereocenters. The van der Waals surface area contributed by atoms with Crippen molar-refractivity contribution in [3.8, 4) is 0 Å². The Morgan fingerprint density at radius 2 is 1.61 bits per heavy atom. The summed E-state index contributed by atoms with van der Waals surface area (Å²) < 4.78 is 27.6. The molecule has 0 aliphatic heterocycles. The number of nitrogens with one attached hydrogen (secondary N) is 1. The normalized spacial score (nSPS) is 11.6. The van der Waals surface area contributed by atoms with Gasteiger partial charge in [0, 0.05) is 31.4 Å². The van der Waals surface area contributed by atoms with Gasteiger partial charge in [-0.25, -0.2) is 13.8 Å². The fraction of sp³-hybridized carbons (Fsp3) is 0.167. The highest BCUT2D eigenvalue weighted by atomic mass is 35.5. The molecule has 0 saturated carbocycles. The number of nitrogens with zero attached hydrogens (tertiary/aromatic N) is 3. The molecule has 1 N–H and O–H groups in total. The van der Waals surface area contributed by atoms with Gasteiger partial charge < -0.3 is 4.90 Å². The SMILES string of the molecule is CN(C)c1ccc(/C=N\NC(=O)CN(Cc2ccccc2)S(=O)(=O)c2ccc(Cl)cc2)cc1. The number of halogens is 1. The molecule has 0 radical (unpaired) electrons. The molecular formula is C24H25ClN4O3S. The summed E-state index contributed by atoms with van der Waals surface area (Å²) in [5, 5.41) is 4.39. The maximum Gasteiger partial charge on any atom is 0.255 e. The van der Waals surface area contributed by atoms with Gasteiger partial charge in [-0.3, -0.25) is 4.79 Å². The van der Waals surface area contributed by atoms with Gasteiger partial charge >= 0.3 is 0 Å². The largest absolute Gasteiger partial charge is 0.378 e. The maximum absolute atomic E-state index is 13.2. The van der Waals surface area contributed by atoms with Gasteiger partial charge in [-0.15, -0.1) is 0 Å². The lowest BCUT2D eigenvalue weighted by molar-refractivity contribution is -0.121. The van der Waals surface area contributed by atoms with Crippen molar-refractivity contribution >= 4 is 39.4 Å². The van der Waals surface area contributed by atoms with E-state index < -0.39 is 22.5 Å². The van der Waals surface area contributed by atoms with Gasteiger partial charge in [-0.05, 0) is 47.5 Å². The summed E-state index contributed by atoms with van der Waals surface area (Å²) >= 11 is 5.90. The second-order valence-corrected chi connectivity index (χ2v) is 9.87. The summed E-state index contributed by atoms with van der Waals surface area (Å²) in [6, 6.07) is 22.5. The molecule has 0 aliphatic rings. The van der Waals surface area contributed by atoms with Crippen molar-refractivity contribution in [3.05, 3.63) is 95.0 Å². The van der Waals surface area contributed by atoms with Crippen LogP contribution < -0.4 is 10.3 Å². The Kier molecular flexibility index (Phi) is 8.21. The van der Waals surface area contributed by atoms with Gasteiger partial charge in [0.05, 0.1) is 17.7 Å². The highest BCUT2D eigenvalue weighted by Gasteiger charge is 2.27. The van der Waals surface area contributed by atoms with E-state index in [1.165, 1.54) is 30.5 Å². The van der Waals surface area contributed by atoms with Crippen LogP contribution in [0.1, 0.15) is 11.1 Å². The lowest BCUT2D eigenvalue weighted by Gasteiger charge is -2.21. The second kappa shape index (κ2) is 11.1.